The monoisotopic (exact) mass is 280 g/mol. The molecule has 0 saturated carbocycles. The maximum absolute atomic E-state index is 11.5. The van der Waals surface area contributed by atoms with Gasteiger partial charge in [-0.2, -0.15) is 0 Å². The van der Waals surface area contributed by atoms with Gasteiger partial charge >= 0.3 is 0 Å². The minimum Gasteiger partial charge on any atom is -0.325 e. The number of hydrogen-bond donors (Lipinski definition) is 2. The summed E-state index contributed by atoms with van der Waals surface area (Å²) in [6.45, 7) is 2.56. The Labute approximate surface area is 104 Å². The normalized spacial score (nSPS) is 9.56. The molecule has 0 aliphatic rings. The number of nitrogens with one attached hydrogen (secondary N) is 2. The lowest BCUT2D eigenvalue weighted by Gasteiger charge is -2.08. The molecule has 1 rings (SSSR count). The van der Waals surface area contributed by atoms with E-state index in [2.05, 4.69) is 32.5 Å². The number of rotatable bonds is 4. The molecule has 0 aliphatic heterocycles. The SMILES string of the molecule is C#CCNCC(=O)Nc1ccc(Br)cc1C. The van der Waals surface area contributed by atoms with Crippen molar-refractivity contribution < 1.29 is 4.79 Å². The van der Waals surface area contributed by atoms with Crippen molar-refractivity contribution in [1.29, 1.82) is 0 Å². The number of hydrogen-bond acceptors (Lipinski definition) is 2. The molecule has 0 spiro atoms. The molecule has 0 saturated heterocycles. The molecule has 84 valence electrons. The maximum Gasteiger partial charge on any atom is 0.238 e. The van der Waals surface area contributed by atoms with E-state index in [0.717, 1.165) is 15.7 Å². The topological polar surface area (TPSA) is 41.1 Å². The Kier molecular flexibility index (Phi) is 5.03. The predicted molar refractivity (Wildman–Crippen MR) is 69.2 cm³/mol. The van der Waals surface area contributed by atoms with E-state index in [1.54, 1.807) is 0 Å². The van der Waals surface area contributed by atoms with Crippen molar-refractivity contribution in [1.82, 2.24) is 5.32 Å². The van der Waals surface area contributed by atoms with Crippen LogP contribution < -0.4 is 10.6 Å². The molecule has 0 atom stereocenters. The molecule has 2 N–H and O–H groups in total. The second kappa shape index (κ2) is 6.31. The Morgan fingerprint density at radius 2 is 2.31 bits per heavy atom. The fourth-order valence-electron chi connectivity index (χ4n) is 1.21. The number of benzene rings is 1. The summed E-state index contributed by atoms with van der Waals surface area (Å²) in [6.07, 6.45) is 5.06. The summed E-state index contributed by atoms with van der Waals surface area (Å²) >= 11 is 3.37. The number of anilines is 1. The van der Waals surface area contributed by atoms with Crippen LogP contribution >= 0.6 is 15.9 Å². The van der Waals surface area contributed by atoms with Gasteiger partial charge in [-0.05, 0) is 30.7 Å². The summed E-state index contributed by atoms with van der Waals surface area (Å²) < 4.78 is 0.994. The van der Waals surface area contributed by atoms with Gasteiger partial charge in [0.1, 0.15) is 0 Å². The van der Waals surface area contributed by atoms with Gasteiger partial charge < -0.3 is 5.32 Å². The highest BCUT2D eigenvalue weighted by Gasteiger charge is 2.03. The van der Waals surface area contributed by atoms with Crippen molar-refractivity contribution in [2.45, 2.75) is 6.92 Å². The van der Waals surface area contributed by atoms with Crippen LogP contribution in [0.15, 0.2) is 22.7 Å². The molecule has 1 amide bonds. The highest BCUT2D eigenvalue weighted by Crippen LogP contribution is 2.19. The average molecular weight is 281 g/mol. The molecule has 0 unspecified atom stereocenters. The maximum atomic E-state index is 11.5. The summed E-state index contributed by atoms with van der Waals surface area (Å²) in [5.74, 6) is 2.31. The average Bonchev–Trinajstić information content (AvgIpc) is 2.23. The van der Waals surface area contributed by atoms with Gasteiger partial charge in [-0.1, -0.05) is 21.9 Å². The number of terminal acetylenes is 1. The van der Waals surface area contributed by atoms with Crippen molar-refractivity contribution >= 4 is 27.5 Å². The van der Waals surface area contributed by atoms with Crippen molar-refractivity contribution in [3.8, 4) is 12.3 Å². The minimum absolute atomic E-state index is 0.0966. The zero-order valence-electron chi connectivity index (χ0n) is 9.01. The first-order valence-electron chi connectivity index (χ1n) is 4.83. The summed E-state index contributed by atoms with van der Waals surface area (Å²) in [5, 5.41) is 5.63. The van der Waals surface area contributed by atoms with E-state index in [4.69, 9.17) is 6.42 Å². The quantitative estimate of drug-likeness (QED) is 0.654. The smallest absolute Gasteiger partial charge is 0.238 e. The van der Waals surface area contributed by atoms with Crippen LogP contribution in [-0.4, -0.2) is 19.0 Å². The predicted octanol–water partition coefficient (Wildman–Crippen LogP) is 1.92. The molecule has 4 heteroatoms. The van der Waals surface area contributed by atoms with E-state index >= 15 is 0 Å². The lowest BCUT2D eigenvalue weighted by Crippen LogP contribution is -2.28. The van der Waals surface area contributed by atoms with Crippen LogP contribution in [0.2, 0.25) is 0 Å². The van der Waals surface area contributed by atoms with E-state index in [1.807, 2.05) is 25.1 Å². The fourth-order valence-corrected chi connectivity index (χ4v) is 1.69. The van der Waals surface area contributed by atoms with Crippen LogP contribution in [0.4, 0.5) is 5.69 Å². The molecule has 3 nitrogen and oxygen atoms in total. The molecule has 0 aliphatic carbocycles. The van der Waals surface area contributed by atoms with Crippen LogP contribution in [0, 0.1) is 19.3 Å². The Balaban J connectivity index is 2.53. The van der Waals surface area contributed by atoms with Crippen LogP contribution in [0.5, 0.6) is 0 Å². The summed E-state index contributed by atoms with van der Waals surface area (Å²) in [4.78, 5) is 11.5. The van der Waals surface area contributed by atoms with E-state index in [-0.39, 0.29) is 12.5 Å². The van der Waals surface area contributed by atoms with Gasteiger partial charge in [0.05, 0.1) is 13.1 Å². The zero-order chi connectivity index (χ0) is 12.0. The number of amides is 1. The van der Waals surface area contributed by atoms with Crippen molar-refractivity contribution in [2.75, 3.05) is 18.4 Å². The lowest BCUT2D eigenvalue weighted by atomic mass is 10.2. The third-order valence-corrected chi connectivity index (χ3v) is 2.47. The highest BCUT2D eigenvalue weighted by atomic mass is 79.9. The summed E-state index contributed by atoms with van der Waals surface area (Å²) in [7, 11) is 0. The van der Waals surface area contributed by atoms with Gasteiger partial charge in [-0.15, -0.1) is 6.42 Å². The number of carbonyl (C=O) groups is 1. The zero-order valence-corrected chi connectivity index (χ0v) is 10.6. The van der Waals surface area contributed by atoms with E-state index in [1.165, 1.54) is 0 Å². The Bertz CT molecular complexity index is 424. The van der Waals surface area contributed by atoms with Gasteiger partial charge in [0.2, 0.25) is 5.91 Å². The molecule has 0 heterocycles. The van der Waals surface area contributed by atoms with E-state index in [0.29, 0.717) is 6.54 Å². The van der Waals surface area contributed by atoms with Crippen molar-refractivity contribution in [2.24, 2.45) is 0 Å². The van der Waals surface area contributed by atoms with E-state index in [9.17, 15) is 4.79 Å². The first-order chi connectivity index (χ1) is 7.63. The second-order valence-corrected chi connectivity index (χ2v) is 4.23. The van der Waals surface area contributed by atoms with Crippen LogP contribution in [0.3, 0.4) is 0 Å². The largest absolute Gasteiger partial charge is 0.325 e. The number of aryl methyl sites for hydroxylation is 1. The van der Waals surface area contributed by atoms with Gasteiger partial charge in [0, 0.05) is 10.2 Å². The number of carbonyl (C=O) groups excluding carboxylic acids is 1. The molecule has 0 aromatic heterocycles. The van der Waals surface area contributed by atoms with Gasteiger partial charge in [-0.25, -0.2) is 0 Å². The van der Waals surface area contributed by atoms with E-state index < -0.39 is 0 Å². The Morgan fingerprint density at radius 1 is 1.56 bits per heavy atom. The molecular formula is C12H13BrN2O. The molecular weight excluding hydrogens is 268 g/mol. The molecule has 0 radical (unpaired) electrons. The molecule has 1 aromatic carbocycles. The Hall–Kier alpha value is -1.31. The van der Waals surface area contributed by atoms with Crippen molar-refractivity contribution in [3.05, 3.63) is 28.2 Å². The highest BCUT2D eigenvalue weighted by molar-refractivity contribution is 9.10. The standard InChI is InChI=1S/C12H13BrN2O/c1-3-6-14-8-12(16)15-11-5-4-10(13)7-9(11)2/h1,4-5,7,14H,6,8H2,2H3,(H,15,16). The third kappa shape index (κ3) is 4.05. The minimum atomic E-state index is -0.0966. The molecule has 1 aromatic rings. The van der Waals surface area contributed by atoms with Gasteiger partial charge in [0.25, 0.3) is 0 Å². The Morgan fingerprint density at radius 3 is 2.94 bits per heavy atom. The molecule has 0 bridgehead atoms. The van der Waals surface area contributed by atoms with Gasteiger partial charge in [0.15, 0.2) is 0 Å². The van der Waals surface area contributed by atoms with Gasteiger partial charge in [-0.3, -0.25) is 10.1 Å². The first kappa shape index (κ1) is 12.8. The van der Waals surface area contributed by atoms with Crippen LogP contribution in [-0.2, 0) is 4.79 Å². The van der Waals surface area contributed by atoms with Crippen LogP contribution in [0.1, 0.15) is 5.56 Å². The lowest BCUT2D eigenvalue weighted by molar-refractivity contribution is -0.115. The third-order valence-electron chi connectivity index (χ3n) is 1.98. The molecule has 16 heavy (non-hydrogen) atoms. The van der Waals surface area contributed by atoms with Crippen LogP contribution in [0.25, 0.3) is 0 Å². The fraction of sp³-hybridized carbons (Fsp3) is 0.250. The van der Waals surface area contributed by atoms with Crippen molar-refractivity contribution in [3.63, 3.8) is 0 Å². The first-order valence-corrected chi connectivity index (χ1v) is 5.63. The second-order valence-electron chi connectivity index (χ2n) is 3.32. The number of halogens is 1. The summed E-state index contributed by atoms with van der Waals surface area (Å²) in [5.41, 5.74) is 1.83. The molecule has 0 fully saturated rings. The summed E-state index contributed by atoms with van der Waals surface area (Å²) in [6, 6.07) is 5.69.